The quantitative estimate of drug-likeness (QED) is 0.788. The SMILES string of the molecule is C1CCC(OC[C@@H]2CCCN2)CC1.Cl. The van der Waals surface area contributed by atoms with Crippen LogP contribution in [0.2, 0.25) is 0 Å². The number of ether oxygens (including phenoxy) is 1. The Kier molecular flexibility index (Phi) is 5.83. The van der Waals surface area contributed by atoms with E-state index in [1.165, 1.54) is 51.5 Å². The molecule has 2 rings (SSSR count). The molecule has 1 saturated heterocycles. The summed E-state index contributed by atoms with van der Waals surface area (Å²) in [5.74, 6) is 0. The van der Waals surface area contributed by atoms with Gasteiger partial charge >= 0.3 is 0 Å². The first-order chi connectivity index (χ1) is 6.45. The van der Waals surface area contributed by atoms with E-state index in [-0.39, 0.29) is 12.4 Å². The van der Waals surface area contributed by atoms with Crippen molar-refractivity contribution in [2.45, 2.75) is 57.1 Å². The normalized spacial score (nSPS) is 28.7. The molecule has 1 heterocycles. The summed E-state index contributed by atoms with van der Waals surface area (Å²) in [6.07, 6.45) is 9.99. The lowest BCUT2D eigenvalue weighted by Crippen LogP contribution is -2.30. The fourth-order valence-electron chi connectivity index (χ4n) is 2.38. The molecular formula is C11H22ClNO. The van der Waals surface area contributed by atoms with Gasteiger partial charge in [0.25, 0.3) is 0 Å². The van der Waals surface area contributed by atoms with E-state index in [0.29, 0.717) is 12.1 Å². The standard InChI is InChI=1S/C11H21NO.ClH/c1-2-6-11(7-3-1)13-9-10-5-4-8-12-10;/h10-12H,1-9H2;1H/t10-;/m0./s1. The van der Waals surface area contributed by atoms with Crippen LogP contribution in [0.3, 0.4) is 0 Å². The summed E-state index contributed by atoms with van der Waals surface area (Å²) < 4.78 is 5.90. The van der Waals surface area contributed by atoms with E-state index in [9.17, 15) is 0 Å². The molecule has 0 aromatic heterocycles. The van der Waals surface area contributed by atoms with Crippen LogP contribution in [-0.4, -0.2) is 25.3 Å². The molecule has 0 aromatic carbocycles. The van der Waals surface area contributed by atoms with Gasteiger partial charge in [-0.3, -0.25) is 0 Å². The Bertz CT molecular complexity index is 142. The van der Waals surface area contributed by atoms with E-state index in [2.05, 4.69) is 5.32 Å². The van der Waals surface area contributed by atoms with E-state index in [1.807, 2.05) is 0 Å². The molecule has 1 N–H and O–H groups in total. The van der Waals surface area contributed by atoms with Crippen molar-refractivity contribution in [3.63, 3.8) is 0 Å². The van der Waals surface area contributed by atoms with Crippen LogP contribution in [0.15, 0.2) is 0 Å². The molecule has 1 atom stereocenters. The van der Waals surface area contributed by atoms with Crippen molar-refractivity contribution in [2.24, 2.45) is 0 Å². The molecule has 3 heteroatoms. The molecule has 1 saturated carbocycles. The maximum atomic E-state index is 5.90. The second-order valence-corrected chi connectivity index (χ2v) is 4.39. The van der Waals surface area contributed by atoms with E-state index < -0.39 is 0 Å². The summed E-state index contributed by atoms with van der Waals surface area (Å²) in [6, 6.07) is 0.655. The topological polar surface area (TPSA) is 21.3 Å². The Morgan fingerprint density at radius 3 is 2.43 bits per heavy atom. The number of halogens is 1. The maximum Gasteiger partial charge on any atom is 0.0623 e. The average Bonchev–Trinajstić information content (AvgIpc) is 2.69. The molecule has 0 aromatic rings. The minimum absolute atomic E-state index is 0. The van der Waals surface area contributed by atoms with Gasteiger partial charge in [-0.15, -0.1) is 12.4 Å². The van der Waals surface area contributed by atoms with Gasteiger partial charge in [0, 0.05) is 6.04 Å². The van der Waals surface area contributed by atoms with Crippen LogP contribution >= 0.6 is 12.4 Å². The van der Waals surface area contributed by atoms with Crippen LogP contribution in [0, 0.1) is 0 Å². The lowest BCUT2D eigenvalue weighted by molar-refractivity contribution is 0.0184. The predicted octanol–water partition coefficient (Wildman–Crippen LogP) is 2.51. The third-order valence-corrected chi connectivity index (χ3v) is 3.25. The summed E-state index contributed by atoms with van der Waals surface area (Å²) >= 11 is 0. The van der Waals surface area contributed by atoms with Crippen molar-refractivity contribution in [1.29, 1.82) is 0 Å². The first-order valence-electron chi connectivity index (χ1n) is 5.80. The van der Waals surface area contributed by atoms with Gasteiger partial charge in [-0.2, -0.15) is 0 Å². The fourth-order valence-corrected chi connectivity index (χ4v) is 2.38. The molecule has 0 unspecified atom stereocenters. The molecular weight excluding hydrogens is 198 g/mol. The molecule has 0 radical (unpaired) electrons. The Balaban J connectivity index is 0.000000980. The van der Waals surface area contributed by atoms with Gasteiger partial charge in [0.15, 0.2) is 0 Å². The summed E-state index contributed by atoms with van der Waals surface area (Å²) in [4.78, 5) is 0. The number of nitrogens with one attached hydrogen (secondary N) is 1. The monoisotopic (exact) mass is 219 g/mol. The number of hydrogen-bond donors (Lipinski definition) is 1. The summed E-state index contributed by atoms with van der Waals surface area (Å²) in [7, 11) is 0. The van der Waals surface area contributed by atoms with Crippen molar-refractivity contribution in [1.82, 2.24) is 5.32 Å². The van der Waals surface area contributed by atoms with Gasteiger partial charge in [0.2, 0.25) is 0 Å². The van der Waals surface area contributed by atoms with Crippen LogP contribution in [0.4, 0.5) is 0 Å². The fraction of sp³-hybridized carbons (Fsp3) is 1.00. The zero-order valence-electron chi connectivity index (χ0n) is 8.84. The summed E-state index contributed by atoms with van der Waals surface area (Å²) in [6.45, 7) is 2.14. The van der Waals surface area contributed by atoms with Crippen molar-refractivity contribution in [3.8, 4) is 0 Å². The summed E-state index contributed by atoms with van der Waals surface area (Å²) in [5.41, 5.74) is 0. The van der Waals surface area contributed by atoms with Crippen LogP contribution in [-0.2, 0) is 4.74 Å². The minimum atomic E-state index is 0. The molecule has 0 bridgehead atoms. The van der Waals surface area contributed by atoms with E-state index in [4.69, 9.17) is 4.74 Å². The highest BCUT2D eigenvalue weighted by molar-refractivity contribution is 5.85. The van der Waals surface area contributed by atoms with E-state index in [0.717, 1.165) is 6.61 Å². The Hall–Kier alpha value is 0.210. The first kappa shape index (κ1) is 12.3. The van der Waals surface area contributed by atoms with Crippen molar-refractivity contribution >= 4 is 12.4 Å². The number of rotatable bonds is 3. The molecule has 1 aliphatic carbocycles. The minimum Gasteiger partial charge on any atom is -0.377 e. The molecule has 0 spiro atoms. The lowest BCUT2D eigenvalue weighted by atomic mass is 9.98. The van der Waals surface area contributed by atoms with E-state index >= 15 is 0 Å². The highest BCUT2D eigenvalue weighted by Crippen LogP contribution is 2.20. The molecule has 2 aliphatic rings. The van der Waals surface area contributed by atoms with Gasteiger partial charge in [0.05, 0.1) is 12.7 Å². The van der Waals surface area contributed by atoms with Gasteiger partial charge in [-0.25, -0.2) is 0 Å². The Morgan fingerprint density at radius 2 is 1.79 bits per heavy atom. The third-order valence-electron chi connectivity index (χ3n) is 3.25. The molecule has 14 heavy (non-hydrogen) atoms. The second kappa shape index (κ2) is 6.65. The van der Waals surface area contributed by atoms with Crippen LogP contribution in [0.1, 0.15) is 44.9 Å². The van der Waals surface area contributed by atoms with Crippen molar-refractivity contribution in [3.05, 3.63) is 0 Å². The maximum absolute atomic E-state index is 5.90. The largest absolute Gasteiger partial charge is 0.377 e. The van der Waals surface area contributed by atoms with Crippen LogP contribution < -0.4 is 5.32 Å². The number of hydrogen-bond acceptors (Lipinski definition) is 2. The Labute approximate surface area is 93.2 Å². The predicted molar refractivity (Wildman–Crippen MR) is 61.1 cm³/mol. The third kappa shape index (κ3) is 3.76. The molecule has 1 aliphatic heterocycles. The van der Waals surface area contributed by atoms with Crippen LogP contribution in [0.25, 0.3) is 0 Å². The highest BCUT2D eigenvalue weighted by atomic mass is 35.5. The zero-order chi connectivity index (χ0) is 8.93. The van der Waals surface area contributed by atoms with Crippen molar-refractivity contribution < 1.29 is 4.74 Å². The highest BCUT2D eigenvalue weighted by Gasteiger charge is 2.18. The van der Waals surface area contributed by atoms with Gasteiger partial charge in [-0.1, -0.05) is 19.3 Å². The Morgan fingerprint density at radius 1 is 1.00 bits per heavy atom. The molecule has 2 nitrogen and oxygen atoms in total. The molecule has 2 fully saturated rings. The summed E-state index contributed by atoms with van der Waals surface area (Å²) in [5, 5.41) is 3.47. The van der Waals surface area contributed by atoms with Crippen LogP contribution in [0.5, 0.6) is 0 Å². The smallest absolute Gasteiger partial charge is 0.0623 e. The van der Waals surface area contributed by atoms with Crippen molar-refractivity contribution in [2.75, 3.05) is 13.2 Å². The zero-order valence-corrected chi connectivity index (χ0v) is 9.65. The average molecular weight is 220 g/mol. The van der Waals surface area contributed by atoms with Gasteiger partial charge in [0.1, 0.15) is 0 Å². The lowest BCUT2D eigenvalue weighted by Gasteiger charge is -2.23. The first-order valence-corrected chi connectivity index (χ1v) is 5.80. The molecule has 0 amide bonds. The van der Waals surface area contributed by atoms with E-state index in [1.54, 1.807) is 0 Å². The van der Waals surface area contributed by atoms with Gasteiger partial charge in [-0.05, 0) is 32.2 Å². The second-order valence-electron chi connectivity index (χ2n) is 4.39. The molecule has 84 valence electrons. The van der Waals surface area contributed by atoms with Gasteiger partial charge < -0.3 is 10.1 Å².